The Morgan fingerprint density at radius 2 is 2.00 bits per heavy atom. The molecule has 5 heteroatoms. The van der Waals surface area contributed by atoms with E-state index in [9.17, 15) is 4.79 Å². The fourth-order valence-corrected chi connectivity index (χ4v) is 1.77. The molecule has 0 aromatic heterocycles. The van der Waals surface area contributed by atoms with Gasteiger partial charge < -0.3 is 20.5 Å². The fourth-order valence-electron chi connectivity index (χ4n) is 1.77. The second kappa shape index (κ2) is 9.30. The summed E-state index contributed by atoms with van der Waals surface area (Å²) in [5.74, 6) is 0.915. The zero-order valence-corrected chi connectivity index (χ0v) is 14.0. The molecule has 0 aliphatic carbocycles. The second-order valence-electron chi connectivity index (χ2n) is 5.99. The number of hydrogen-bond donors (Lipinski definition) is 2. The number of nitrogen functional groups attached to an aromatic ring is 1. The van der Waals surface area contributed by atoms with Crippen LogP contribution in [0.2, 0.25) is 0 Å². The molecule has 124 valence electrons. The van der Waals surface area contributed by atoms with E-state index >= 15 is 0 Å². The molecule has 3 N–H and O–H groups in total. The zero-order valence-electron chi connectivity index (χ0n) is 14.0. The summed E-state index contributed by atoms with van der Waals surface area (Å²) in [6.45, 7) is 9.95. The van der Waals surface area contributed by atoms with Crippen molar-refractivity contribution < 1.29 is 14.3 Å². The summed E-state index contributed by atoms with van der Waals surface area (Å²) in [6, 6.07) is 5.12. The molecule has 0 fully saturated rings. The smallest absolute Gasteiger partial charge is 0.251 e. The van der Waals surface area contributed by atoms with Crippen molar-refractivity contribution >= 4 is 11.6 Å². The van der Waals surface area contributed by atoms with Gasteiger partial charge in [-0.15, -0.1) is 0 Å². The van der Waals surface area contributed by atoms with Crippen LogP contribution in [-0.2, 0) is 4.74 Å². The summed E-state index contributed by atoms with van der Waals surface area (Å²) in [4.78, 5) is 12.0. The molecule has 0 bridgehead atoms. The Kier molecular flexibility index (Phi) is 7.74. The third-order valence-corrected chi connectivity index (χ3v) is 2.90. The maximum absolute atomic E-state index is 12.0. The predicted molar refractivity (Wildman–Crippen MR) is 89.2 cm³/mol. The van der Waals surface area contributed by atoms with Gasteiger partial charge in [-0.1, -0.05) is 13.8 Å². The molecule has 0 radical (unpaired) electrons. The summed E-state index contributed by atoms with van der Waals surface area (Å²) >= 11 is 0. The maximum atomic E-state index is 12.0. The van der Waals surface area contributed by atoms with Crippen LogP contribution in [0.1, 0.15) is 44.5 Å². The lowest BCUT2D eigenvalue weighted by molar-refractivity contribution is 0.0757. The molecular formula is C17H28N2O3. The first-order valence-electron chi connectivity index (χ1n) is 7.82. The molecule has 0 heterocycles. The quantitative estimate of drug-likeness (QED) is 0.543. The van der Waals surface area contributed by atoms with Crippen LogP contribution in [0.5, 0.6) is 5.75 Å². The monoisotopic (exact) mass is 308 g/mol. The third kappa shape index (κ3) is 6.80. The summed E-state index contributed by atoms with van der Waals surface area (Å²) in [5, 5.41) is 2.85. The Morgan fingerprint density at radius 3 is 2.59 bits per heavy atom. The van der Waals surface area contributed by atoms with Crippen molar-refractivity contribution in [3.63, 3.8) is 0 Å². The van der Waals surface area contributed by atoms with Crippen LogP contribution in [0.25, 0.3) is 0 Å². The van der Waals surface area contributed by atoms with Crippen molar-refractivity contribution in [2.24, 2.45) is 5.92 Å². The van der Waals surface area contributed by atoms with E-state index in [-0.39, 0.29) is 12.0 Å². The van der Waals surface area contributed by atoms with Gasteiger partial charge in [0.2, 0.25) is 0 Å². The van der Waals surface area contributed by atoms with E-state index in [1.165, 1.54) is 0 Å². The van der Waals surface area contributed by atoms with Gasteiger partial charge in [0.25, 0.3) is 5.91 Å². The number of amides is 1. The molecule has 0 saturated heterocycles. The molecule has 1 aromatic carbocycles. The largest absolute Gasteiger partial charge is 0.491 e. The summed E-state index contributed by atoms with van der Waals surface area (Å²) in [5.41, 5.74) is 6.95. The molecule has 1 amide bonds. The first-order valence-corrected chi connectivity index (χ1v) is 7.82. The van der Waals surface area contributed by atoms with Gasteiger partial charge in [0, 0.05) is 18.7 Å². The van der Waals surface area contributed by atoms with E-state index in [1.54, 1.807) is 18.2 Å². The zero-order chi connectivity index (χ0) is 16.5. The van der Waals surface area contributed by atoms with E-state index in [4.69, 9.17) is 15.2 Å². The number of nitrogens with two attached hydrogens (primary N) is 1. The highest BCUT2D eigenvalue weighted by Crippen LogP contribution is 2.23. The number of nitrogens with one attached hydrogen (secondary N) is 1. The molecule has 0 spiro atoms. The van der Waals surface area contributed by atoms with Crippen molar-refractivity contribution in [3.05, 3.63) is 23.8 Å². The molecule has 0 unspecified atom stereocenters. The molecule has 1 rings (SSSR count). The number of rotatable bonds is 9. The minimum atomic E-state index is -0.133. The van der Waals surface area contributed by atoms with Crippen LogP contribution < -0.4 is 15.8 Å². The van der Waals surface area contributed by atoms with Gasteiger partial charge in [0.05, 0.1) is 18.4 Å². The number of benzene rings is 1. The van der Waals surface area contributed by atoms with Gasteiger partial charge in [-0.2, -0.15) is 0 Å². The standard InChI is InChI=1S/C17H28N2O3/c1-12(2)11-22-16-7-6-14(10-15(16)18)17(20)19-8-5-9-21-13(3)4/h6-7,10,12-13H,5,8-9,11,18H2,1-4H3,(H,19,20). The highest BCUT2D eigenvalue weighted by molar-refractivity contribution is 5.95. The number of hydrogen-bond acceptors (Lipinski definition) is 4. The van der Waals surface area contributed by atoms with Crippen molar-refractivity contribution in [2.45, 2.75) is 40.2 Å². The minimum Gasteiger partial charge on any atom is -0.491 e. The van der Waals surface area contributed by atoms with Gasteiger partial charge in [-0.05, 0) is 44.4 Å². The van der Waals surface area contributed by atoms with Crippen molar-refractivity contribution in [2.75, 3.05) is 25.5 Å². The molecule has 5 nitrogen and oxygen atoms in total. The molecule has 0 aliphatic rings. The Balaban J connectivity index is 2.44. The molecular weight excluding hydrogens is 280 g/mol. The van der Waals surface area contributed by atoms with Gasteiger partial charge in [0.15, 0.2) is 0 Å². The predicted octanol–water partition coefficient (Wildman–Crippen LogP) is 2.85. The third-order valence-electron chi connectivity index (χ3n) is 2.90. The number of anilines is 1. The summed E-state index contributed by atoms with van der Waals surface area (Å²) < 4.78 is 11.0. The number of carbonyl (C=O) groups excluding carboxylic acids is 1. The van der Waals surface area contributed by atoms with E-state index in [1.807, 2.05) is 13.8 Å². The van der Waals surface area contributed by atoms with E-state index < -0.39 is 0 Å². The summed E-state index contributed by atoms with van der Waals surface area (Å²) in [6.07, 6.45) is 1.00. The number of ether oxygens (including phenoxy) is 2. The van der Waals surface area contributed by atoms with Crippen LogP contribution in [0.3, 0.4) is 0 Å². The first kappa shape index (κ1) is 18.3. The normalized spacial score (nSPS) is 11.0. The number of carbonyl (C=O) groups is 1. The molecule has 0 saturated carbocycles. The van der Waals surface area contributed by atoms with Gasteiger partial charge in [-0.3, -0.25) is 4.79 Å². The van der Waals surface area contributed by atoms with E-state index in [0.717, 1.165) is 6.42 Å². The average Bonchev–Trinajstić information content (AvgIpc) is 2.44. The summed E-state index contributed by atoms with van der Waals surface area (Å²) in [7, 11) is 0. The highest BCUT2D eigenvalue weighted by atomic mass is 16.5. The molecule has 22 heavy (non-hydrogen) atoms. The maximum Gasteiger partial charge on any atom is 0.251 e. The minimum absolute atomic E-state index is 0.133. The Hall–Kier alpha value is -1.75. The van der Waals surface area contributed by atoms with E-state index in [2.05, 4.69) is 19.2 Å². The lowest BCUT2D eigenvalue weighted by Gasteiger charge is -2.12. The van der Waals surface area contributed by atoms with Crippen LogP contribution in [0, 0.1) is 5.92 Å². The van der Waals surface area contributed by atoms with E-state index in [0.29, 0.717) is 42.7 Å². The van der Waals surface area contributed by atoms with Crippen LogP contribution in [0.15, 0.2) is 18.2 Å². The second-order valence-corrected chi connectivity index (χ2v) is 5.99. The van der Waals surface area contributed by atoms with Crippen LogP contribution >= 0.6 is 0 Å². The van der Waals surface area contributed by atoms with Crippen molar-refractivity contribution in [1.29, 1.82) is 0 Å². The SMILES string of the molecule is CC(C)COc1ccc(C(=O)NCCCOC(C)C)cc1N. The van der Waals surface area contributed by atoms with Crippen molar-refractivity contribution in [3.8, 4) is 5.75 Å². The molecule has 0 atom stereocenters. The Bertz CT molecular complexity index is 473. The topological polar surface area (TPSA) is 73.6 Å². The van der Waals surface area contributed by atoms with Crippen LogP contribution in [-0.4, -0.2) is 31.8 Å². The van der Waals surface area contributed by atoms with Gasteiger partial charge >= 0.3 is 0 Å². The molecule has 1 aromatic rings. The average molecular weight is 308 g/mol. The van der Waals surface area contributed by atoms with Crippen LogP contribution in [0.4, 0.5) is 5.69 Å². The Labute approximate surface area is 133 Å². The first-order chi connectivity index (χ1) is 10.4. The lowest BCUT2D eigenvalue weighted by Crippen LogP contribution is -2.25. The molecule has 0 aliphatic heterocycles. The fraction of sp³-hybridized carbons (Fsp3) is 0.588. The van der Waals surface area contributed by atoms with Gasteiger partial charge in [-0.25, -0.2) is 0 Å². The lowest BCUT2D eigenvalue weighted by atomic mass is 10.1. The van der Waals surface area contributed by atoms with Gasteiger partial charge in [0.1, 0.15) is 5.75 Å². The Morgan fingerprint density at radius 1 is 1.27 bits per heavy atom. The van der Waals surface area contributed by atoms with Crippen molar-refractivity contribution in [1.82, 2.24) is 5.32 Å². The highest BCUT2D eigenvalue weighted by Gasteiger charge is 2.09.